The Labute approximate surface area is 140 Å². The molecule has 1 N–H and O–H groups in total. The minimum absolute atomic E-state index is 0.821. The number of aryl methyl sites for hydroxylation is 2. The molecule has 0 saturated heterocycles. The molecule has 5 heteroatoms. The first-order valence-electron chi connectivity index (χ1n) is 8.37. The molecule has 122 valence electrons. The van der Waals surface area contributed by atoms with Gasteiger partial charge in [0.15, 0.2) is 0 Å². The molecule has 5 nitrogen and oxygen atoms in total. The van der Waals surface area contributed by atoms with E-state index in [1.165, 1.54) is 18.4 Å². The molecule has 0 radical (unpaired) electrons. The van der Waals surface area contributed by atoms with Crippen molar-refractivity contribution in [1.82, 2.24) is 15.4 Å². The highest BCUT2D eigenvalue weighted by Gasteiger charge is 2.20. The Balaban J connectivity index is 1.86. The Kier molecular flexibility index (Phi) is 3.76. The van der Waals surface area contributed by atoms with Gasteiger partial charge in [-0.25, -0.2) is 4.99 Å². The molecule has 0 bridgehead atoms. The van der Waals surface area contributed by atoms with Crippen LogP contribution in [0.25, 0.3) is 10.9 Å². The van der Waals surface area contributed by atoms with Gasteiger partial charge in [0, 0.05) is 5.39 Å². The second kappa shape index (κ2) is 6.07. The van der Waals surface area contributed by atoms with Crippen molar-refractivity contribution in [2.45, 2.75) is 39.5 Å². The predicted molar refractivity (Wildman–Crippen MR) is 94.8 cm³/mol. The maximum Gasteiger partial charge on any atom is 0.143 e. The zero-order valence-electron chi connectivity index (χ0n) is 14.0. The van der Waals surface area contributed by atoms with Gasteiger partial charge in [0.05, 0.1) is 34.4 Å². The highest BCUT2D eigenvalue weighted by Crippen LogP contribution is 2.28. The molecule has 0 amide bonds. The summed E-state index contributed by atoms with van der Waals surface area (Å²) in [7, 11) is 0. The number of aliphatic imine (C=N–C) groups is 1. The lowest BCUT2D eigenvalue weighted by Crippen LogP contribution is -2.10. The van der Waals surface area contributed by atoms with Gasteiger partial charge in [-0.05, 0) is 63.3 Å². The van der Waals surface area contributed by atoms with Crippen molar-refractivity contribution < 1.29 is 4.52 Å². The Morgan fingerprint density at radius 3 is 2.92 bits per heavy atom. The van der Waals surface area contributed by atoms with E-state index in [1.54, 1.807) is 0 Å². The highest BCUT2D eigenvalue weighted by molar-refractivity contribution is 6.15. The first-order chi connectivity index (χ1) is 11.7. The number of nitrogens with zero attached hydrogens (tertiary/aromatic N) is 3. The van der Waals surface area contributed by atoms with E-state index in [-0.39, 0.29) is 0 Å². The molecule has 1 aliphatic carbocycles. The van der Waals surface area contributed by atoms with Crippen molar-refractivity contribution >= 4 is 22.3 Å². The van der Waals surface area contributed by atoms with Gasteiger partial charge in [0.2, 0.25) is 0 Å². The van der Waals surface area contributed by atoms with Crippen LogP contribution in [0.2, 0.25) is 0 Å². The molecule has 3 aromatic rings. The highest BCUT2D eigenvalue weighted by atomic mass is 16.5. The van der Waals surface area contributed by atoms with E-state index in [2.05, 4.69) is 27.5 Å². The van der Waals surface area contributed by atoms with Gasteiger partial charge in [0.1, 0.15) is 5.76 Å². The van der Waals surface area contributed by atoms with Crippen LogP contribution >= 0.6 is 0 Å². The van der Waals surface area contributed by atoms with E-state index in [4.69, 9.17) is 9.52 Å². The summed E-state index contributed by atoms with van der Waals surface area (Å²) in [5.74, 6) is 0.821. The zero-order chi connectivity index (χ0) is 16.5. The lowest BCUT2D eigenvalue weighted by molar-refractivity contribution is 0.393. The van der Waals surface area contributed by atoms with E-state index in [9.17, 15) is 0 Å². The summed E-state index contributed by atoms with van der Waals surface area (Å²) < 4.78 is 5.39. The topological polar surface area (TPSA) is 67.1 Å². The number of aromatic nitrogens is 3. The maximum absolute atomic E-state index is 5.39. The second-order valence-corrected chi connectivity index (χ2v) is 6.28. The van der Waals surface area contributed by atoms with Crippen LogP contribution in [-0.4, -0.2) is 21.1 Å². The van der Waals surface area contributed by atoms with E-state index in [1.807, 2.05) is 32.2 Å². The minimum Gasteiger partial charge on any atom is -0.361 e. The fourth-order valence-corrected chi connectivity index (χ4v) is 3.29. The smallest absolute Gasteiger partial charge is 0.143 e. The average molecular weight is 320 g/mol. The van der Waals surface area contributed by atoms with E-state index < -0.39 is 0 Å². The zero-order valence-corrected chi connectivity index (χ0v) is 14.0. The third-order valence-electron chi connectivity index (χ3n) is 4.53. The van der Waals surface area contributed by atoms with Gasteiger partial charge in [-0.3, -0.25) is 5.10 Å². The van der Waals surface area contributed by atoms with E-state index in [0.717, 1.165) is 52.2 Å². The number of allylic oxidation sites excluding steroid dienone is 2. The van der Waals surface area contributed by atoms with Crippen molar-refractivity contribution in [2.24, 2.45) is 4.99 Å². The standard InChI is InChI=1S/C19H20N4O/c1-12-18(13(2)24-23-12)19(14-6-4-3-5-7-14)21-16-8-9-17-15(10-16)11-20-22-17/h6,8-11H,3-5,7H2,1-2H3,(H,20,22). The largest absolute Gasteiger partial charge is 0.361 e. The summed E-state index contributed by atoms with van der Waals surface area (Å²) in [5, 5.41) is 12.2. The summed E-state index contributed by atoms with van der Waals surface area (Å²) in [6, 6.07) is 6.09. The Bertz CT molecular complexity index is 926. The van der Waals surface area contributed by atoms with E-state index >= 15 is 0 Å². The van der Waals surface area contributed by atoms with Crippen molar-refractivity contribution in [3.05, 3.63) is 53.1 Å². The van der Waals surface area contributed by atoms with Crippen molar-refractivity contribution in [1.29, 1.82) is 0 Å². The fourth-order valence-electron chi connectivity index (χ4n) is 3.29. The lowest BCUT2D eigenvalue weighted by Gasteiger charge is -2.15. The van der Waals surface area contributed by atoms with Gasteiger partial charge >= 0.3 is 0 Å². The molecule has 0 saturated carbocycles. The molecule has 2 heterocycles. The molecule has 0 atom stereocenters. The number of hydrogen-bond donors (Lipinski definition) is 1. The molecule has 0 spiro atoms. The number of rotatable bonds is 3. The van der Waals surface area contributed by atoms with Crippen molar-refractivity contribution in [3.63, 3.8) is 0 Å². The van der Waals surface area contributed by atoms with E-state index in [0.29, 0.717) is 0 Å². The molecular weight excluding hydrogens is 300 g/mol. The summed E-state index contributed by atoms with van der Waals surface area (Å²) in [4.78, 5) is 4.98. The van der Waals surface area contributed by atoms with Crippen molar-refractivity contribution in [2.75, 3.05) is 0 Å². The molecule has 1 aliphatic rings. The second-order valence-electron chi connectivity index (χ2n) is 6.28. The minimum atomic E-state index is 0.821. The first-order valence-corrected chi connectivity index (χ1v) is 8.37. The summed E-state index contributed by atoms with van der Waals surface area (Å²) in [6.45, 7) is 3.93. The van der Waals surface area contributed by atoms with Crippen LogP contribution in [0.1, 0.15) is 42.7 Å². The third kappa shape index (κ3) is 2.66. The number of H-pyrrole nitrogens is 1. The number of benzene rings is 1. The Morgan fingerprint density at radius 2 is 2.17 bits per heavy atom. The number of hydrogen-bond acceptors (Lipinski definition) is 4. The van der Waals surface area contributed by atoms with Crippen LogP contribution in [0, 0.1) is 13.8 Å². The number of nitrogens with one attached hydrogen (secondary N) is 1. The Morgan fingerprint density at radius 1 is 1.25 bits per heavy atom. The van der Waals surface area contributed by atoms with Gasteiger partial charge < -0.3 is 4.52 Å². The van der Waals surface area contributed by atoms with Crippen LogP contribution in [0.4, 0.5) is 5.69 Å². The molecular formula is C19H20N4O. The number of aromatic amines is 1. The Hall–Kier alpha value is -2.69. The van der Waals surface area contributed by atoms with Crippen LogP contribution < -0.4 is 0 Å². The average Bonchev–Trinajstić information content (AvgIpc) is 3.20. The molecule has 2 aromatic heterocycles. The first kappa shape index (κ1) is 14.9. The fraction of sp³-hybridized carbons (Fsp3) is 0.316. The van der Waals surface area contributed by atoms with Crippen LogP contribution in [0.3, 0.4) is 0 Å². The molecule has 0 unspecified atom stereocenters. The molecule has 0 fully saturated rings. The summed E-state index contributed by atoms with van der Waals surface area (Å²) in [6.07, 6.45) is 8.75. The number of fused-ring (bicyclic) bond motifs is 1. The van der Waals surface area contributed by atoms with Gasteiger partial charge in [-0.1, -0.05) is 11.2 Å². The molecule has 0 aliphatic heterocycles. The van der Waals surface area contributed by atoms with Crippen LogP contribution in [0.5, 0.6) is 0 Å². The predicted octanol–water partition coefficient (Wildman–Crippen LogP) is 4.79. The van der Waals surface area contributed by atoms with Gasteiger partial charge in [-0.15, -0.1) is 0 Å². The lowest BCUT2D eigenvalue weighted by atomic mass is 9.91. The maximum atomic E-state index is 5.39. The van der Waals surface area contributed by atoms with Gasteiger partial charge in [0.25, 0.3) is 0 Å². The van der Waals surface area contributed by atoms with Crippen LogP contribution in [-0.2, 0) is 0 Å². The normalized spacial score (nSPS) is 15.8. The SMILES string of the molecule is Cc1noc(C)c1C(=Nc1ccc2[nH]ncc2c1)C1=CCCCC1. The molecule has 1 aromatic carbocycles. The summed E-state index contributed by atoms with van der Waals surface area (Å²) in [5.41, 5.74) is 6.14. The quantitative estimate of drug-likeness (QED) is 0.706. The molecule has 4 rings (SSSR count). The third-order valence-corrected chi connectivity index (χ3v) is 4.53. The summed E-state index contributed by atoms with van der Waals surface area (Å²) >= 11 is 0. The van der Waals surface area contributed by atoms with Gasteiger partial charge in [-0.2, -0.15) is 5.10 Å². The molecule has 24 heavy (non-hydrogen) atoms. The monoisotopic (exact) mass is 320 g/mol. The van der Waals surface area contributed by atoms with Crippen molar-refractivity contribution in [3.8, 4) is 0 Å². The van der Waals surface area contributed by atoms with Crippen LogP contribution in [0.15, 0.2) is 45.6 Å².